The Bertz CT molecular complexity index is 1070. The van der Waals surface area contributed by atoms with Crippen molar-refractivity contribution in [2.24, 2.45) is 5.41 Å². The number of amides is 1. The normalized spacial score (nSPS) is 20.5. The molecule has 0 bridgehead atoms. The first kappa shape index (κ1) is 21.9. The topological polar surface area (TPSA) is 63.7 Å². The van der Waals surface area contributed by atoms with Gasteiger partial charge < -0.3 is 9.64 Å². The predicted molar refractivity (Wildman–Crippen MR) is 122 cm³/mol. The number of rotatable bonds is 4. The molecule has 2 aromatic carbocycles. The minimum absolute atomic E-state index is 0.0192. The monoisotopic (exact) mass is 441 g/mol. The molecule has 1 aliphatic heterocycles. The largest absolute Gasteiger partial charge is 0.490 e. The summed E-state index contributed by atoms with van der Waals surface area (Å²) in [6.07, 6.45) is 3.96. The van der Waals surface area contributed by atoms with Crippen LogP contribution in [0.1, 0.15) is 58.4 Å². The van der Waals surface area contributed by atoms with Gasteiger partial charge in [0.05, 0.1) is 16.0 Å². The summed E-state index contributed by atoms with van der Waals surface area (Å²) in [6, 6.07) is 14.4. The fourth-order valence-corrected chi connectivity index (χ4v) is 7.14. The Kier molecular flexibility index (Phi) is 5.63. The van der Waals surface area contributed by atoms with Crippen LogP contribution in [0.4, 0.5) is 5.69 Å². The van der Waals surface area contributed by atoms with Crippen molar-refractivity contribution in [3.05, 3.63) is 54.1 Å². The van der Waals surface area contributed by atoms with Gasteiger partial charge in [-0.3, -0.25) is 4.79 Å². The third kappa shape index (κ3) is 3.55. The van der Waals surface area contributed by atoms with Crippen LogP contribution in [0.15, 0.2) is 53.4 Å². The molecule has 1 amide bonds. The number of sulfone groups is 1. The lowest BCUT2D eigenvalue weighted by Crippen LogP contribution is -2.42. The van der Waals surface area contributed by atoms with Crippen LogP contribution in [0.5, 0.6) is 5.75 Å². The molecule has 0 radical (unpaired) electrons. The maximum atomic E-state index is 13.9. The molecule has 0 N–H and O–H groups in total. The van der Waals surface area contributed by atoms with Crippen molar-refractivity contribution in [1.82, 2.24) is 0 Å². The molecule has 31 heavy (non-hydrogen) atoms. The zero-order valence-corrected chi connectivity index (χ0v) is 19.4. The van der Waals surface area contributed by atoms with Crippen LogP contribution in [0.3, 0.4) is 0 Å². The van der Waals surface area contributed by atoms with E-state index in [9.17, 15) is 13.2 Å². The van der Waals surface area contributed by atoms with Gasteiger partial charge in [0.2, 0.25) is 5.91 Å². The van der Waals surface area contributed by atoms with Crippen LogP contribution < -0.4 is 9.64 Å². The van der Waals surface area contributed by atoms with Gasteiger partial charge in [-0.05, 0) is 63.4 Å². The maximum absolute atomic E-state index is 13.9. The van der Waals surface area contributed by atoms with Crippen LogP contribution >= 0.6 is 0 Å². The third-order valence-electron chi connectivity index (χ3n) is 6.73. The predicted octanol–water partition coefficient (Wildman–Crippen LogP) is 5.09. The highest BCUT2D eigenvalue weighted by Crippen LogP contribution is 2.49. The summed E-state index contributed by atoms with van der Waals surface area (Å²) in [5.74, 6) is 0.609. The van der Waals surface area contributed by atoms with E-state index in [-0.39, 0.29) is 12.5 Å². The van der Waals surface area contributed by atoms with Gasteiger partial charge in [-0.15, -0.1) is 0 Å². The van der Waals surface area contributed by atoms with Crippen LogP contribution in [0, 0.1) is 5.41 Å². The van der Waals surface area contributed by atoms with Gasteiger partial charge in [-0.1, -0.05) is 43.5 Å². The number of nitrogens with zero attached hydrogens (tertiary/aromatic N) is 1. The van der Waals surface area contributed by atoms with Gasteiger partial charge in [0.15, 0.2) is 9.84 Å². The molecule has 1 aliphatic carbocycles. The van der Waals surface area contributed by atoms with Crippen molar-refractivity contribution in [3.63, 3.8) is 0 Å². The first-order chi connectivity index (χ1) is 14.7. The molecule has 2 aromatic rings. The summed E-state index contributed by atoms with van der Waals surface area (Å²) in [4.78, 5) is 15.1. The molecule has 5 nitrogen and oxygen atoms in total. The van der Waals surface area contributed by atoms with Crippen molar-refractivity contribution in [2.75, 3.05) is 18.1 Å². The lowest BCUT2D eigenvalue weighted by Gasteiger charge is -2.37. The summed E-state index contributed by atoms with van der Waals surface area (Å²) < 4.78 is 33.0. The van der Waals surface area contributed by atoms with E-state index in [2.05, 4.69) is 0 Å². The second-order valence-electron chi connectivity index (χ2n) is 9.28. The number of hydrogen-bond acceptors (Lipinski definition) is 4. The molecule has 0 atom stereocenters. The average molecular weight is 442 g/mol. The van der Waals surface area contributed by atoms with Gasteiger partial charge in [0.1, 0.15) is 17.1 Å². The Labute approximate surface area is 185 Å². The summed E-state index contributed by atoms with van der Waals surface area (Å²) in [5, 5.41) is 0. The summed E-state index contributed by atoms with van der Waals surface area (Å²) in [5.41, 5.74) is 0.830. The van der Waals surface area contributed by atoms with Crippen LogP contribution in [-0.4, -0.2) is 27.5 Å². The highest BCUT2D eigenvalue weighted by Gasteiger charge is 2.47. The average Bonchev–Trinajstić information content (AvgIpc) is 2.88. The molecule has 1 heterocycles. The molecule has 1 fully saturated rings. The molecule has 1 saturated carbocycles. The van der Waals surface area contributed by atoms with E-state index in [0.29, 0.717) is 35.7 Å². The van der Waals surface area contributed by atoms with Crippen LogP contribution in [-0.2, 0) is 19.4 Å². The zero-order valence-electron chi connectivity index (χ0n) is 18.6. The SMILES string of the molecule is CCN1C(=O)C(C)(C)COc2cc(C3(S(=O)(=O)c4ccccc4)CCCCC3)ccc21. The van der Waals surface area contributed by atoms with E-state index < -0.39 is 20.0 Å². The quantitative estimate of drug-likeness (QED) is 0.663. The van der Waals surface area contributed by atoms with Crippen molar-refractivity contribution in [3.8, 4) is 5.75 Å². The number of carbonyl (C=O) groups is 1. The second kappa shape index (κ2) is 7.97. The van der Waals surface area contributed by atoms with E-state index in [0.717, 1.165) is 24.8 Å². The minimum Gasteiger partial charge on any atom is -0.490 e. The minimum atomic E-state index is -3.60. The van der Waals surface area contributed by atoms with Gasteiger partial charge in [-0.25, -0.2) is 8.42 Å². The molecular formula is C25H31NO4S. The Morgan fingerprint density at radius 3 is 2.32 bits per heavy atom. The Balaban J connectivity index is 1.86. The number of ether oxygens (including phenoxy) is 1. The van der Waals surface area contributed by atoms with Crippen LogP contribution in [0.25, 0.3) is 0 Å². The van der Waals surface area contributed by atoms with Gasteiger partial charge in [-0.2, -0.15) is 0 Å². The van der Waals surface area contributed by atoms with Crippen molar-refractivity contribution in [2.45, 2.75) is 62.5 Å². The van der Waals surface area contributed by atoms with Gasteiger partial charge >= 0.3 is 0 Å². The molecule has 0 unspecified atom stereocenters. The van der Waals surface area contributed by atoms with Gasteiger partial charge in [0, 0.05) is 6.54 Å². The van der Waals surface area contributed by atoms with E-state index in [4.69, 9.17) is 4.74 Å². The molecule has 0 spiro atoms. The zero-order chi connectivity index (χ0) is 22.3. The van der Waals surface area contributed by atoms with E-state index >= 15 is 0 Å². The molecule has 0 saturated heterocycles. The van der Waals surface area contributed by atoms with Crippen LogP contribution in [0.2, 0.25) is 0 Å². The Morgan fingerprint density at radius 1 is 1.00 bits per heavy atom. The third-order valence-corrected chi connectivity index (χ3v) is 9.30. The number of hydrogen-bond donors (Lipinski definition) is 0. The van der Waals surface area contributed by atoms with Gasteiger partial charge in [0.25, 0.3) is 0 Å². The lowest BCUT2D eigenvalue weighted by molar-refractivity contribution is -0.127. The van der Waals surface area contributed by atoms with Crippen molar-refractivity contribution >= 4 is 21.4 Å². The smallest absolute Gasteiger partial charge is 0.236 e. The summed E-state index contributed by atoms with van der Waals surface area (Å²) >= 11 is 0. The lowest BCUT2D eigenvalue weighted by atomic mass is 9.83. The number of benzene rings is 2. The van der Waals surface area contributed by atoms with E-state index in [1.807, 2.05) is 45.0 Å². The molecule has 0 aromatic heterocycles. The highest BCUT2D eigenvalue weighted by atomic mass is 32.2. The molecular weight excluding hydrogens is 410 g/mol. The summed E-state index contributed by atoms with van der Waals surface area (Å²) in [7, 11) is -3.60. The van der Waals surface area contributed by atoms with E-state index in [1.165, 1.54) is 0 Å². The van der Waals surface area contributed by atoms with Crippen molar-refractivity contribution < 1.29 is 17.9 Å². The molecule has 4 rings (SSSR count). The first-order valence-electron chi connectivity index (χ1n) is 11.1. The first-order valence-corrected chi connectivity index (χ1v) is 12.6. The number of carbonyl (C=O) groups excluding carboxylic acids is 1. The maximum Gasteiger partial charge on any atom is 0.236 e. The molecule has 6 heteroatoms. The second-order valence-corrected chi connectivity index (χ2v) is 11.5. The van der Waals surface area contributed by atoms with E-state index in [1.54, 1.807) is 29.2 Å². The fourth-order valence-electron chi connectivity index (χ4n) is 4.91. The number of fused-ring (bicyclic) bond motifs is 1. The molecule has 2 aliphatic rings. The molecule has 166 valence electrons. The Morgan fingerprint density at radius 2 is 1.68 bits per heavy atom. The standard InChI is InChI=1S/C25H31NO4S/c1-4-26-21-14-13-19(17-22(21)30-18-24(2,3)23(26)27)25(15-9-6-10-16-25)31(28,29)20-11-7-5-8-12-20/h5,7-8,11-14,17H,4,6,9-10,15-16,18H2,1-3H3. The Hall–Kier alpha value is -2.34. The highest BCUT2D eigenvalue weighted by molar-refractivity contribution is 7.92. The number of anilines is 1. The summed E-state index contributed by atoms with van der Waals surface area (Å²) in [6.45, 7) is 6.50. The van der Waals surface area contributed by atoms with Crippen molar-refractivity contribution in [1.29, 1.82) is 0 Å². The fraction of sp³-hybridized carbons (Fsp3) is 0.480.